The van der Waals surface area contributed by atoms with Crippen molar-refractivity contribution in [2.45, 2.75) is 24.0 Å². The zero-order valence-corrected chi connectivity index (χ0v) is 16.5. The lowest BCUT2D eigenvalue weighted by molar-refractivity contribution is -0.132. The maximum Gasteiger partial charge on any atom is 0.244 e. The summed E-state index contributed by atoms with van der Waals surface area (Å²) in [5, 5.41) is 4.17. The summed E-state index contributed by atoms with van der Waals surface area (Å²) in [6.07, 6.45) is 2.18. The summed E-state index contributed by atoms with van der Waals surface area (Å²) >= 11 is 12.8. The number of piperidine rings is 3. The van der Waals surface area contributed by atoms with Crippen LogP contribution in [0, 0.1) is 11.8 Å². The second kappa shape index (κ2) is 8.58. The fourth-order valence-corrected chi connectivity index (χ4v) is 5.28. The summed E-state index contributed by atoms with van der Waals surface area (Å²) in [6, 6.07) is 7.93. The van der Waals surface area contributed by atoms with Gasteiger partial charge in [0.25, 0.3) is 0 Å². The Balaban J connectivity index is 1.65. The van der Waals surface area contributed by atoms with Gasteiger partial charge in [-0.05, 0) is 61.8 Å². The van der Waals surface area contributed by atoms with Crippen LogP contribution in [0.1, 0.15) is 18.4 Å². The summed E-state index contributed by atoms with van der Waals surface area (Å²) in [5.74, 6) is 1.32. The minimum absolute atomic E-state index is 0.0213. The van der Waals surface area contributed by atoms with Crippen LogP contribution in [-0.4, -0.2) is 41.4 Å². The molecule has 25 heavy (non-hydrogen) atoms. The number of hydrogen-bond acceptors (Lipinski definition) is 4. The Morgan fingerprint density at radius 3 is 2.60 bits per heavy atom. The molecular weight excluding hydrogens is 376 g/mol. The molecule has 5 nitrogen and oxygen atoms in total. The first-order valence-electron chi connectivity index (χ1n) is 8.46. The SMILES string of the molecule is CNC(=S)NNC(=O)C1C2CCN(CC2)C1SCc1ccc(Cl)cc1. The van der Waals surface area contributed by atoms with Crippen molar-refractivity contribution in [1.82, 2.24) is 21.1 Å². The van der Waals surface area contributed by atoms with E-state index >= 15 is 0 Å². The third kappa shape index (κ3) is 4.58. The molecule has 0 saturated carbocycles. The molecule has 2 bridgehead atoms. The predicted octanol–water partition coefficient (Wildman–Crippen LogP) is 2.37. The van der Waals surface area contributed by atoms with Gasteiger partial charge < -0.3 is 5.32 Å². The molecule has 1 aromatic carbocycles. The van der Waals surface area contributed by atoms with Gasteiger partial charge in [0, 0.05) is 17.8 Å². The highest BCUT2D eigenvalue weighted by molar-refractivity contribution is 7.99. The topological polar surface area (TPSA) is 56.4 Å². The maximum absolute atomic E-state index is 12.8. The van der Waals surface area contributed by atoms with Gasteiger partial charge in [-0.2, -0.15) is 0 Å². The van der Waals surface area contributed by atoms with Crippen LogP contribution in [0.3, 0.4) is 0 Å². The molecule has 136 valence electrons. The van der Waals surface area contributed by atoms with E-state index in [4.69, 9.17) is 23.8 Å². The van der Waals surface area contributed by atoms with Crippen LogP contribution >= 0.6 is 35.6 Å². The minimum atomic E-state index is -0.0213. The number of hydrogen-bond donors (Lipinski definition) is 3. The second-order valence-corrected chi connectivity index (χ2v) is 8.37. The van der Waals surface area contributed by atoms with Gasteiger partial charge in [-0.3, -0.25) is 20.5 Å². The van der Waals surface area contributed by atoms with Crippen molar-refractivity contribution in [3.8, 4) is 0 Å². The largest absolute Gasteiger partial charge is 0.364 e. The number of carbonyl (C=O) groups excluding carboxylic acids is 1. The molecule has 1 aromatic rings. The Hall–Kier alpha value is -1.02. The van der Waals surface area contributed by atoms with Crippen LogP contribution in [0.4, 0.5) is 0 Å². The van der Waals surface area contributed by atoms with Gasteiger partial charge in [-0.15, -0.1) is 11.8 Å². The number of halogens is 1. The number of carbonyl (C=O) groups is 1. The van der Waals surface area contributed by atoms with E-state index in [1.54, 1.807) is 7.05 Å². The third-order valence-corrected chi connectivity index (χ3v) is 6.90. The van der Waals surface area contributed by atoms with Gasteiger partial charge in [0.05, 0.1) is 11.3 Å². The van der Waals surface area contributed by atoms with Gasteiger partial charge in [-0.25, -0.2) is 0 Å². The molecule has 0 aromatic heterocycles. The first kappa shape index (κ1) is 18.8. The number of nitrogens with zero attached hydrogens (tertiary/aromatic N) is 1. The Labute approximate surface area is 163 Å². The Kier molecular flexibility index (Phi) is 6.44. The zero-order chi connectivity index (χ0) is 17.8. The van der Waals surface area contributed by atoms with Crippen molar-refractivity contribution in [2.24, 2.45) is 11.8 Å². The molecule has 3 aliphatic heterocycles. The summed E-state index contributed by atoms with van der Waals surface area (Å²) in [5.41, 5.74) is 6.77. The average Bonchev–Trinajstić information content (AvgIpc) is 2.65. The summed E-state index contributed by atoms with van der Waals surface area (Å²) in [4.78, 5) is 15.2. The van der Waals surface area contributed by atoms with Crippen molar-refractivity contribution in [1.29, 1.82) is 0 Å². The molecule has 3 heterocycles. The number of rotatable bonds is 4. The average molecular weight is 399 g/mol. The number of hydrazine groups is 1. The maximum atomic E-state index is 12.8. The molecule has 3 N–H and O–H groups in total. The van der Waals surface area contributed by atoms with E-state index in [0.717, 1.165) is 36.7 Å². The predicted molar refractivity (Wildman–Crippen MR) is 107 cm³/mol. The first-order valence-corrected chi connectivity index (χ1v) is 10.3. The van der Waals surface area contributed by atoms with E-state index in [-0.39, 0.29) is 17.2 Å². The van der Waals surface area contributed by atoms with Crippen LogP contribution in [0.25, 0.3) is 0 Å². The fourth-order valence-electron chi connectivity index (χ4n) is 3.57. The van der Waals surface area contributed by atoms with Gasteiger partial charge in [0.2, 0.25) is 5.91 Å². The Morgan fingerprint density at radius 1 is 1.28 bits per heavy atom. The van der Waals surface area contributed by atoms with Crippen LogP contribution < -0.4 is 16.2 Å². The highest BCUT2D eigenvalue weighted by atomic mass is 35.5. The molecule has 3 aliphatic rings. The molecule has 3 saturated heterocycles. The minimum Gasteiger partial charge on any atom is -0.364 e. The van der Waals surface area contributed by atoms with Crippen molar-refractivity contribution in [2.75, 3.05) is 20.1 Å². The highest BCUT2D eigenvalue weighted by Crippen LogP contribution is 2.42. The van der Waals surface area contributed by atoms with E-state index in [1.165, 1.54) is 5.56 Å². The van der Waals surface area contributed by atoms with E-state index < -0.39 is 0 Å². The zero-order valence-electron chi connectivity index (χ0n) is 14.1. The number of thioether (sulfide) groups is 1. The molecule has 0 aliphatic carbocycles. The lowest BCUT2D eigenvalue weighted by atomic mass is 9.78. The number of nitrogens with one attached hydrogen (secondary N) is 3. The Morgan fingerprint density at radius 2 is 1.96 bits per heavy atom. The monoisotopic (exact) mass is 398 g/mol. The molecular formula is C17H23ClN4OS2. The van der Waals surface area contributed by atoms with Crippen molar-refractivity contribution < 1.29 is 4.79 Å². The molecule has 1 amide bonds. The smallest absolute Gasteiger partial charge is 0.244 e. The molecule has 3 fully saturated rings. The van der Waals surface area contributed by atoms with Crippen LogP contribution in [-0.2, 0) is 10.5 Å². The molecule has 2 unspecified atom stereocenters. The highest BCUT2D eigenvalue weighted by Gasteiger charge is 2.46. The van der Waals surface area contributed by atoms with E-state index in [1.807, 2.05) is 36.0 Å². The normalized spacial score (nSPS) is 27.6. The van der Waals surface area contributed by atoms with Crippen molar-refractivity contribution >= 4 is 46.6 Å². The summed E-state index contributed by atoms with van der Waals surface area (Å²) < 4.78 is 0. The van der Waals surface area contributed by atoms with Crippen molar-refractivity contribution in [3.63, 3.8) is 0 Å². The van der Waals surface area contributed by atoms with E-state index in [0.29, 0.717) is 11.0 Å². The molecule has 8 heteroatoms. The van der Waals surface area contributed by atoms with Gasteiger partial charge in [0.15, 0.2) is 5.11 Å². The summed E-state index contributed by atoms with van der Waals surface area (Å²) in [6.45, 7) is 2.16. The number of amides is 1. The van der Waals surface area contributed by atoms with E-state index in [2.05, 4.69) is 21.1 Å². The lowest BCUT2D eigenvalue weighted by Gasteiger charge is -2.49. The van der Waals surface area contributed by atoms with Gasteiger partial charge in [0.1, 0.15) is 0 Å². The second-order valence-electron chi connectivity index (χ2n) is 6.42. The number of benzene rings is 1. The summed E-state index contributed by atoms with van der Waals surface area (Å²) in [7, 11) is 1.72. The van der Waals surface area contributed by atoms with Gasteiger partial charge >= 0.3 is 0 Å². The Bertz CT molecular complexity index is 620. The quantitative estimate of drug-likeness (QED) is 0.534. The fraction of sp³-hybridized carbons (Fsp3) is 0.529. The number of fused-ring (bicyclic) bond motifs is 3. The first-order chi connectivity index (χ1) is 12.1. The van der Waals surface area contributed by atoms with Crippen molar-refractivity contribution in [3.05, 3.63) is 34.9 Å². The standard InChI is InChI=1S/C17H23ClN4OS2/c1-19-17(24)21-20-15(23)14-12-6-8-22(9-7-12)16(14)25-10-11-2-4-13(18)5-3-11/h2-5,12,14,16H,6-10H2,1H3,(H,20,23)(H2,19,21,24). The third-order valence-electron chi connectivity index (χ3n) is 4.91. The van der Waals surface area contributed by atoms with Crippen LogP contribution in [0.2, 0.25) is 5.02 Å². The van der Waals surface area contributed by atoms with Gasteiger partial charge in [-0.1, -0.05) is 23.7 Å². The number of thiocarbonyl (C=S) groups is 1. The van der Waals surface area contributed by atoms with Crippen LogP contribution in [0.15, 0.2) is 24.3 Å². The van der Waals surface area contributed by atoms with E-state index in [9.17, 15) is 4.79 Å². The molecule has 0 radical (unpaired) electrons. The molecule has 0 spiro atoms. The molecule has 4 rings (SSSR count). The van der Waals surface area contributed by atoms with Crippen LogP contribution in [0.5, 0.6) is 0 Å². The lowest BCUT2D eigenvalue weighted by Crippen LogP contribution is -2.60. The molecule has 2 atom stereocenters.